The maximum atomic E-state index is 12.6. The second-order valence-electron chi connectivity index (χ2n) is 13.3. The Bertz CT molecular complexity index is 758. The molecule has 0 spiro atoms. The molecular formula is C41H75NO4. The van der Waals surface area contributed by atoms with Crippen LogP contribution in [0.4, 0.5) is 0 Å². The first-order valence-electron chi connectivity index (χ1n) is 19.4. The SMILES string of the molecule is CCCCCC=CCCCC(=O)OC(CCCC=CCCCCC)CCCCC=CCCCCCOC(=O)CCCCCN(C)C. The highest BCUT2D eigenvalue weighted by atomic mass is 16.5. The van der Waals surface area contributed by atoms with Gasteiger partial charge < -0.3 is 14.4 Å². The van der Waals surface area contributed by atoms with E-state index < -0.39 is 0 Å². The van der Waals surface area contributed by atoms with E-state index in [4.69, 9.17) is 9.47 Å². The number of hydrogen-bond donors (Lipinski definition) is 0. The fourth-order valence-electron chi connectivity index (χ4n) is 5.37. The Labute approximate surface area is 286 Å². The highest BCUT2D eigenvalue weighted by molar-refractivity contribution is 5.69. The van der Waals surface area contributed by atoms with Crippen LogP contribution in [-0.4, -0.2) is 50.2 Å². The van der Waals surface area contributed by atoms with Crippen LogP contribution >= 0.6 is 0 Å². The molecule has 0 saturated carbocycles. The molecule has 0 heterocycles. The van der Waals surface area contributed by atoms with Crippen LogP contribution in [0.2, 0.25) is 0 Å². The van der Waals surface area contributed by atoms with E-state index in [9.17, 15) is 9.59 Å². The summed E-state index contributed by atoms with van der Waals surface area (Å²) in [5, 5.41) is 0. The van der Waals surface area contributed by atoms with Crippen LogP contribution in [0.1, 0.15) is 181 Å². The van der Waals surface area contributed by atoms with E-state index in [-0.39, 0.29) is 18.0 Å². The van der Waals surface area contributed by atoms with Gasteiger partial charge in [0.1, 0.15) is 6.10 Å². The molecule has 0 aliphatic rings. The van der Waals surface area contributed by atoms with Crippen molar-refractivity contribution >= 4 is 11.9 Å². The monoisotopic (exact) mass is 646 g/mol. The molecule has 0 N–H and O–H groups in total. The van der Waals surface area contributed by atoms with E-state index in [1.165, 1.54) is 44.9 Å². The van der Waals surface area contributed by atoms with E-state index in [1.807, 2.05) is 0 Å². The lowest BCUT2D eigenvalue weighted by Gasteiger charge is -2.17. The lowest BCUT2D eigenvalue weighted by molar-refractivity contribution is -0.150. The fraction of sp³-hybridized carbons (Fsp3) is 0.805. The number of rotatable bonds is 34. The van der Waals surface area contributed by atoms with Crippen molar-refractivity contribution in [3.05, 3.63) is 36.5 Å². The van der Waals surface area contributed by atoms with Crippen molar-refractivity contribution in [3.63, 3.8) is 0 Å². The number of nitrogens with zero attached hydrogens (tertiary/aromatic N) is 1. The van der Waals surface area contributed by atoms with Gasteiger partial charge in [0.25, 0.3) is 0 Å². The summed E-state index contributed by atoms with van der Waals surface area (Å²) in [7, 11) is 4.16. The summed E-state index contributed by atoms with van der Waals surface area (Å²) in [6.07, 6.45) is 41.5. The number of ether oxygens (including phenoxy) is 2. The Morgan fingerprint density at radius 2 is 1.00 bits per heavy atom. The van der Waals surface area contributed by atoms with E-state index >= 15 is 0 Å². The Morgan fingerprint density at radius 1 is 0.522 bits per heavy atom. The third-order valence-electron chi connectivity index (χ3n) is 8.31. The molecule has 1 atom stereocenters. The molecule has 0 bridgehead atoms. The number of carbonyl (C=O) groups excluding carboxylic acids is 2. The van der Waals surface area contributed by atoms with Crippen LogP contribution in [0.3, 0.4) is 0 Å². The predicted molar refractivity (Wildman–Crippen MR) is 198 cm³/mol. The zero-order valence-corrected chi connectivity index (χ0v) is 30.9. The zero-order chi connectivity index (χ0) is 33.8. The second kappa shape index (κ2) is 36.0. The Balaban J connectivity index is 4.10. The highest BCUT2D eigenvalue weighted by Crippen LogP contribution is 2.16. The van der Waals surface area contributed by atoms with Crippen LogP contribution in [-0.2, 0) is 19.1 Å². The average molecular weight is 646 g/mol. The number of carbonyl (C=O) groups is 2. The minimum atomic E-state index is -0.0441. The van der Waals surface area contributed by atoms with Crippen LogP contribution in [0, 0.1) is 0 Å². The molecule has 0 aromatic carbocycles. The number of hydrogen-bond acceptors (Lipinski definition) is 5. The van der Waals surface area contributed by atoms with Crippen LogP contribution in [0.5, 0.6) is 0 Å². The Hall–Kier alpha value is -1.88. The van der Waals surface area contributed by atoms with Crippen LogP contribution in [0.15, 0.2) is 36.5 Å². The lowest BCUT2D eigenvalue weighted by atomic mass is 10.0. The molecule has 1 unspecified atom stereocenters. The van der Waals surface area contributed by atoms with Crippen molar-refractivity contribution in [2.75, 3.05) is 27.2 Å². The standard InChI is InChI=1S/C41H75NO4/c1-5-7-9-11-13-18-22-27-33-39(46-41(44)36-29-24-20-14-12-10-8-6-2)34-28-23-19-16-15-17-21-25-32-38-45-40(43)35-30-26-31-37-42(3)4/h13-16,18,20,39H,5-12,17,19,21-38H2,1-4H3. The molecule has 5 nitrogen and oxygen atoms in total. The van der Waals surface area contributed by atoms with Crippen molar-refractivity contribution < 1.29 is 19.1 Å². The van der Waals surface area contributed by atoms with E-state index in [0.29, 0.717) is 19.4 Å². The molecular weight excluding hydrogens is 570 g/mol. The van der Waals surface area contributed by atoms with E-state index in [1.54, 1.807) is 0 Å². The van der Waals surface area contributed by atoms with Gasteiger partial charge in [0.15, 0.2) is 0 Å². The zero-order valence-electron chi connectivity index (χ0n) is 30.9. The number of unbranched alkanes of at least 4 members (excludes halogenated alkanes) is 15. The molecule has 0 aliphatic heterocycles. The van der Waals surface area contributed by atoms with Gasteiger partial charge in [0.2, 0.25) is 0 Å². The Kier molecular flexibility index (Phi) is 34.5. The molecule has 0 aliphatic carbocycles. The van der Waals surface area contributed by atoms with Crippen molar-refractivity contribution in [1.82, 2.24) is 4.90 Å². The molecule has 0 radical (unpaired) electrons. The van der Waals surface area contributed by atoms with Gasteiger partial charge in [-0.15, -0.1) is 0 Å². The largest absolute Gasteiger partial charge is 0.466 e. The van der Waals surface area contributed by atoms with E-state index in [2.05, 4.69) is 69.3 Å². The molecule has 0 saturated heterocycles. The minimum Gasteiger partial charge on any atom is -0.466 e. The molecule has 0 aromatic heterocycles. The summed E-state index contributed by atoms with van der Waals surface area (Å²) >= 11 is 0. The number of allylic oxidation sites excluding steroid dienone is 6. The molecule has 46 heavy (non-hydrogen) atoms. The van der Waals surface area contributed by atoms with Gasteiger partial charge in [0.05, 0.1) is 6.61 Å². The fourth-order valence-corrected chi connectivity index (χ4v) is 5.37. The molecule has 0 aromatic rings. The second-order valence-corrected chi connectivity index (χ2v) is 13.3. The topological polar surface area (TPSA) is 55.8 Å². The van der Waals surface area contributed by atoms with Gasteiger partial charge in [-0.1, -0.05) is 82.4 Å². The van der Waals surface area contributed by atoms with Gasteiger partial charge in [-0.2, -0.15) is 0 Å². The number of esters is 2. The van der Waals surface area contributed by atoms with Crippen molar-refractivity contribution in [1.29, 1.82) is 0 Å². The molecule has 0 amide bonds. The maximum absolute atomic E-state index is 12.6. The predicted octanol–water partition coefficient (Wildman–Crippen LogP) is 11.9. The normalized spacial score (nSPS) is 12.6. The van der Waals surface area contributed by atoms with Gasteiger partial charge in [0, 0.05) is 12.8 Å². The van der Waals surface area contributed by atoms with Gasteiger partial charge in [-0.05, 0) is 143 Å². The summed E-state index contributed by atoms with van der Waals surface area (Å²) in [6, 6.07) is 0. The molecule has 268 valence electrons. The molecule has 0 rings (SSSR count). The third-order valence-corrected chi connectivity index (χ3v) is 8.31. The summed E-state index contributed by atoms with van der Waals surface area (Å²) < 4.78 is 11.4. The minimum absolute atomic E-state index is 0.0234. The Morgan fingerprint density at radius 3 is 1.59 bits per heavy atom. The van der Waals surface area contributed by atoms with Crippen LogP contribution < -0.4 is 0 Å². The van der Waals surface area contributed by atoms with Crippen molar-refractivity contribution in [2.45, 2.75) is 187 Å². The van der Waals surface area contributed by atoms with Crippen LogP contribution in [0.25, 0.3) is 0 Å². The summed E-state index contributed by atoms with van der Waals surface area (Å²) in [6.45, 7) is 6.11. The van der Waals surface area contributed by atoms with Crippen molar-refractivity contribution in [2.24, 2.45) is 0 Å². The molecule has 0 fully saturated rings. The first-order chi connectivity index (χ1) is 22.5. The summed E-state index contributed by atoms with van der Waals surface area (Å²) in [5.41, 5.74) is 0. The molecule has 5 heteroatoms. The van der Waals surface area contributed by atoms with E-state index in [0.717, 1.165) is 116 Å². The smallest absolute Gasteiger partial charge is 0.306 e. The highest BCUT2D eigenvalue weighted by Gasteiger charge is 2.13. The maximum Gasteiger partial charge on any atom is 0.306 e. The first-order valence-corrected chi connectivity index (χ1v) is 19.4. The summed E-state index contributed by atoms with van der Waals surface area (Å²) in [5.74, 6) is -0.0675. The summed E-state index contributed by atoms with van der Waals surface area (Å²) in [4.78, 5) is 26.6. The average Bonchev–Trinajstić information content (AvgIpc) is 3.03. The first kappa shape index (κ1) is 44.1. The quantitative estimate of drug-likeness (QED) is 0.0396. The van der Waals surface area contributed by atoms with Gasteiger partial charge >= 0.3 is 11.9 Å². The van der Waals surface area contributed by atoms with Gasteiger partial charge in [-0.3, -0.25) is 9.59 Å². The van der Waals surface area contributed by atoms with Crippen molar-refractivity contribution in [3.8, 4) is 0 Å². The van der Waals surface area contributed by atoms with Gasteiger partial charge in [-0.25, -0.2) is 0 Å². The lowest BCUT2D eigenvalue weighted by Crippen LogP contribution is -2.18. The third kappa shape index (κ3) is 35.0.